The zero-order chi connectivity index (χ0) is 22.4. The second-order valence-electron chi connectivity index (χ2n) is 7.65. The number of aryl methyl sites for hydroxylation is 3. The summed E-state index contributed by atoms with van der Waals surface area (Å²) in [6, 6.07) is 15.1. The van der Waals surface area contributed by atoms with E-state index in [0.29, 0.717) is 33.0 Å². The molecule has 0 saturated carbocycles. The van der Waals surface area contributed by atoms with Gasteiger partial charge in [-0.1, -0.05) is 41.6 Å². The van der Waals surface area contributed by atoms with Crippen molar-refractivity contribution in [3.05, 3.63) is 91.1 Å². The first-order valence-corrected chi connectivity index (χ1v) is 11.9. The van der Waals surface area contributed by atoms with Crippen LogP contribution in [-0.4, -0.2) is 19.5 Å². The first-order valence-electron chi connectivity index (χ1n) is 10.1. The number of fused-ring (bicyclic) bond motifs is 2. The summed E-state index contributed by atoms with van der Waals surface area (Å²) in [5, 5.41) is 1.77. The lowest BCUT2D eigenvalue weighted by molar-refractivity contribution is 0.818. The van der Waals surface area contributed by atoms with Gasteiger partial charge in [0.15, 0.2) is 5.16 Å². The molecular weight excluding hydrogens is 440 g/mol. The fourth-order valence-electron chi connectivity index (χ4n) is 3.63. The molecule has 3 heterocycles. The number of nitrogens with zero attached hydrogens (tertiary/aromatic N) is 3. The molecule has 6 nitrogen and oxygen atoms in total. The number of H-pyrrole nitrogens is 1. The molecule has 0 fully saturated rings. The molecule has 0 unspecified atom stereocenters. The third-order valence-electron chi connectivity index (χ3n) is 5.46. The van der Waals surface area contributed by atoms with E-state index in [4.69, 9.17) is 4.98 Å². The van der Waals surface area contributed by atoms with Gasteiger partial charge in [0.25, 0.3) is 11.1 Å². The van der Waals surface area contributed by atoms with Crippen LogP contribution in [-0.2, 0) is 5.75 Å². The minimum atomic E-state index is -0.130. The average Bonchev–Trinajstić information content (AvgIpc) is 3.07. The Kier molecular flexibility index (Phi) is 5.19. The van der Waals surface area contributed by atoms with E-state index in [9.17, 15) is 9.59 Å². The lowest BCUT2D eigenvalue weighted by Crippen LogP contribution is -2.22. The summed E-state index contributed by atoms with van der Waals surface area (Å²) >= 11 is 2.90. The molecule has 5 aromatic rings. The van der Waals surface area contributed by atoms with E-state index in [2.05, 4.69) is 9.97 Å². The van der Waals surface area contributed by atoms with Gasteiger partial charge in [-0.3, -0.25) is 14.2 Å². The summed E-state index contributed by atoms with van der Waals surface area (Å²) in [5.74, 6) is 0.948. The second kappa shape index (κ2) is 8.03. The maximum absolute atomic E-state index is 13.4. The lowest BCUT2D eigenvalue weighted by atomic mass is 10.2. The number of para-hydroxylation sites is 1. The summed E-state index contributed by atoms with van der Waals surface area (Å²) in [6.07, 6.45) is 0. The Morgan fingerprint density at radius 1 is 1.00 bits per heavy atom. The monoisotopic (exact) mass is 460 g/mol. The van der Waals surface area contributed by atoms with Crippen molar-refractivity contribution in [1.29, 1.82) is 0 Å². The van der Waals surface area contributed by atoms with Crippen molar-refractivity contribution < 1.29 is 0 Å². The number of nitrogens with one attached hydrogen (secondary N) is 1. The van der Waals surface area contributed by atoms with Gasteiger partial charge in [0.2, 0.25) is 0 Å². The minimum absolute atomic E-state index is 0.122. The van der Waals surface area contributed by atoms with Crippen molar-refractivity contribution in [1.82, 2.24) is 19.5 Å². The Morgan fingerprint density at radius 2 is 1.75 bits per heavy atom. The van der Waals surface area contributed by atoms with Crippen LogP contribution in [0.2, 0.25) is 0 Å². The van der Waals surface area contributed by atoms with E-state index in [1.807, 2.05) is 63.2 Å². The van der Waals surface area contributed by atoms with Crippen LogP contribution in [0.15, 0.2) is 63.3 Å². The van der Waals surface area contributed by atoms with Crippen LogP contribution in [0.1, 0.15) is 21.8 Å². The van der Waals surface area contributed by atoms with Crippen LogP contribution < -0.4 is 11.1 Å². The van der Waals surface area contributed by atoms with Gasteiger partial charge in [-0.25, -0.2) is 9.97 Å². The van der Waals surface area contributed by atoms with Crippen molar-refractivity contribution in [3.63, 3.8) is 0 Å². The van der Waals surface area contributed by atoms with Gasteiger partial charge >= 0.3 is 0 Å². The molecule has 3 aromatic heterocycles. The van der Waals surface area contributed by atoms with E-state index >= 15 is 0 Å². The molecule has 0 aliphatic carbocycles. The highest BCUT2D eigenvalue weighted by atomic mass is 32.2. The normalized spacial score (nSPS) is 11.5. The van der Waals surface area contributed by atoms with Gasteiger partial charge in [-0.15, -0.1) is 11.3 Å². The molecule has 32 heavy (non-hydrogen) atoms. The Hall–Kier alpha value is -3.23. The minimum Gasteiger partial charge on any atom is -0.309 e. The molecular formula is C24H20N4O2S2. The third kappa shape index (κ3) is 3.55. The molecule has 0 atom stereocenters. The number of rotatable bonds is 4. The number of hydrogen-bond donors (Lipinski definition) is 1. The molecule has 5 rings (SSSR count). The molecule has 0 amide bonds. The van der Waals surface area contributed by atoms with Crippen molar-refractivity contribution in [2.24, 2.45) is 0 Å². The van der Waals surface area contributed by atoms with E-state index in [0.717, 1.165) is 26.5 Å². The number of aromatic amines is 1. The lowest BCUT2D eigenvalue weighted by Gasteiger charge is -2.13. The number of aromatic nitrogens is 4. The number of hydrogen-bond acceptors (Lipinski definition) is 6. The summed E-state index contributed by atoms with van der Waals surface area (Å²) in [5.41, 5.74) is 3.23. The molecule has 160 valence electrons. The Labute approximate surface area is 192 Å². The number of benzene rings is 2. The fourth-order valence-corrected chi connectivity index (χ4v) is 5.56. The van der Waals surface area contributed by atoms with Crippen LogP contribution in [0.5, 0.6) is 0 Å². The van der Waals surface area contributed by atoms with E-state index in [1.54, 1.807) is 10.6 Å². The zero-order valence-corrected chi connectivity index (χ0v) is 19.4. The molecule has 0 saturated heterocycles. The molecule has 0 aliphatic rings. The Morgan fingerprint density at radius 3 is 2.53 bits per heavy atom. The SMILES string of the molecule is Cc1ccc(-n2c(SCc3nc4sc(C)c(C)c4c(=O)[nH]3)nc3ccccc3c2=O)cc1. The van der Waals surface area contributed by atoms with E-state index in [1.165, 1.54) is 23.1 Å². The van der Waals surface area contributed by atoms with Gasteiger partial charge in [0, 0.05) is 4.88 Å². The Bertz CT molecular complexity index is 1600. The average molecular weight is 461 g/mol. The zero-order valence-electron chi connectivity index (χ0n) is 17.8. The molecule has 8 heteroatoms. The van der Waals surface area contributed by atoms with Gasteiger partial charge in [0.05, 0.1) is 27.7 Å². The highest BCUT2D eigenvalue weighted by Crippen LogP contribution is 2.28. The molecule has 0 radical (unpaired) electrons. The number of thioether (sulfide) groups is 1. The standard InChI is InChI=1S/C24H20N4O2S2/c1-13-8-10-16(11-9-13)28-23(30)17-6-4-5-7-18(17)25-24(28)31-12-19-26-21(29)20-14(2)15(3)32-22(20)27-19/h4-11H,12H2,1-3H3,(H,26,27,29). The first-order chi connectivity index (χ1) is 15.4. The molecule has 0 aliphatic heterocycles. The van der Waals surface area contributed by atoms with Crippen molar-refractivity contribution in [2.75, 3.05) is 0 Å². The van der Waals surface area contributed by atoms with Crippen molar-refractivity contribution >= 4 is 44.2 Å². The highest BCUT2D eigenvalue weighted by Gasteiger charge is 2.16. The Balaban J connectivity index is 1.60. The van der Waals surface area contributed by atoms with Gasteiger partial charge in [-0.05, 0) is 50.6 Å². The van der Waals surface area contributed by atoms with Gasteiger partial charge in [-0.2, -0.15) is 0 Å². The maximum atomic E-state index is 13.4. The molecule has 2 aromatic carbocycles. The predicted molar refractivity (Wildman–Crippen MR) is 131 cm³/mol. The third-order valence-corrected chi connectivity index (χ3v) is 7.51. The summed E-state index contributed by atoms with van der Waals surface area (Å²) in [7, 11) is 0. The predicted octanol–water partition coefficient (Wildman–Crippen LogP) is 4.90. The van der Waals surface area contributed by atoms with Crippen LogP contribution in [0.4, 0.5) is 0 Å². The summed E-state index contributed by atoms with van der Waals surface area (Å²) in [6.45, 7) is 5.95. The largest absolute Gasteiger partial charge is 0.309 e. The van der Waals surface area contributed by atoms with Gasteiger partial charge < -0.3 is 4.98 Å². The summed E-state index contributed by atoms with van der Waals surface area (Å²) < 4.78 is 1.63. The summed E-state index contributed by atoms with van der Waals surface area (Å²) in [4.78, 5) is 40.1. The van der Waals surface area contributed by atoms with Gasteiger partial charge in [0.1, 0.15) is 10.7 Å². The smallest absolute Gasteiger partial charge is 0.266 e. The van der Waals surface area contributed by atoms with Crippen LogP contribution in [0.3, 0.4) is 0 Å². The molecule has 0 spiro atoms. The van der Waals surface area contributed by atoms with Crippen LogP contribution in [0.25, 0.3) is 26.8 Å². The van der Waals surface area contributed by atoms with Crippen LogP contribution >= 0.6 is 23.1 Å². The maximum Gasteiger partial charge on any atom is 0.266 e. The van der Waals surface area contributed by atoms with E-state index < -0.39 is 0 Å². The van der Waals surface area contributed by atoms with Crippen molar-refractivity contribution in [2.45, 2.75) is 31.7 Å². The van der Waals surface area contributed by atoms with E-state index in [-0.39, 0.29) is 11.1 Å². The fraction of sp³-hybridized carbons (Fsp3) is 0.167. The number of thiophene rings is 1. The highest BCUT2D eigenvalue weighted by molar-refractivity contribution is 7.98. The topological polar surface area (TPSA) is 80.6 Å². The van der Waals surface area contributed by atoms with Crippen molar-refractivity contribution in [3.8, 4) is 5.69 Å². The molecule has 1 N–H and O–H groups in total. The molecule has 0 bridgehead atoms. The van der Waals surface area contributed by atoms with Crippen LogP contribution in [0, 0.1) is 20.8 Å². The quantitative estimate of drug-likeness (QED) is 0.305. The first kappa shape index (κ1) is 20.7. The second-order valence-corrected chi connectivity index (χ2v) is 9.80.